The molecule has 0 fully saturated rings. The predicted molar refractivity (Wildman–Crippen MR) is 88.1 cm³/mol. The van der Waals surface area contributed by atoms with Crippen LogP contribution in [0.3, 0.4) is 0 Å². The van der Waals surface area contributed by atoms with Crippen LogP contribution >= 0.6 is 11.8 Å². The van der Waals surface area contributed by atoms with Gasteiger partial charge in [-0.15, -0.1) is 11.8 Å². The number of nitrogens with zero attached hydrogens (tertiary/aromatic N) is 1. The Labute approximate surface area is 123 Å². The lowest BCUT2D eigenvalue weighted by Crippen LogP contribution is -2.29. The molecule has 20 heavy (non-hydrogen) atoms. The molecule has 0 radical (unpaired) electrons. The summed E-state index contributed by atoms with van der Waals surface area (Å²) in [6.07, 6.45) is 16.8. The SMILES string of the molecule is CSC1=C/C(=C/C=C2C=CC=C2)NN1c1ccccc1. The fraction of sp³-hybridized carbons (Fsp3) is 0.0588. The van der Waals surface area contributed by atoms with Crippen LogP contribution in [0.15, 0.2) is 89.2 Å². The van der Waals surface area contributed by atoms with Crippen LogP contribution in [-0.4, -0.2) is 6.26 Å². The molecule has 1 aromatic rings. The maximum Gasteiger partial charge on any atom is 0.0979 e. The van der Waals surface area contributed by atoms with Gasteiger partial charge in [0, 0.05) is 0 Å². The van der Waals surface area contributed by atoms with E-state index >= 15 is 0 Å². The lowest BCUT2D eigenvalue weighted by Gasteiger charge is -2.21. The molecule has 3 heteroatoms. The van der Waals surface area contributed by atoms with Gasteiger partial charge < -0.3 is 0 Å². The minimum Gasteiger partial charge on any atom is -0.293 e. The van der Waals surface area contributed by atoms with Crippen molar-refractivity contribution in [3.8, 4) is 0 Å². The number of nitrogens with one attached hydrogen (secondary N) is 1. The van der Waals surface area contributed by atoms with Crippen LogP contribution in [0, 0.1) is 0 Å². The number of thioether (sulfide) groups is 1. The van der Waals surface area contributed by atoms with Gasteiger partial charge in [0.25, 0.3) is 0 Å². The van der Waals surface area contributed by atoms with Gasteiger partial charge in [0.2, 0.25) is 0 Å². The average molecular weight is 280 g/mol. The van der Waals surface area contributed by atoms with E-state index in [0.29, 0.717) is 0 Å². The first kappa shape index (κ1) is 12.9. The van der Waals surface area contributed by atoms with E-state index in [9.17, 15) is 0 Å². The van der Waals surface area contributed by atoms with Crippen molar-refractivity contribution in [1.82, 2.24) is 5.43 Å². The number of rotatable bonds is 3. The summed E-state index contributed by atoms with van der Waals surface area (Å²) in [5, 5.41) is 3.30. The minimum absolute atomic E-state index is 1.10. The molecule has 2 nitrogen and oxygen atoms in total. The first-order chi connectivity index (χ1) is 9.86. The summed E-state index contributed by atoms with van der Waals surface area (Å²) in [5.41, 5.74) is 6.88. The van der Waals surface area contributed by atoms with Crippen LogP contribution in [-0.2, 0) is 0 Å². The van der Waals surface area contributed by atoms with Gasteiger partial charge in [-0.25, -0.2) is 5.01 Å². The van der Waals surface area contributed by atoms with E-state index in [1.165, 1.54) is 10.6 Å². The van der Waals surface area contributed by atoms with Gasteiger partial charge in [-0.05, 0) is 36.1 Å². The molecule has 0 atom stereocenters. The largest absolute Gasteiger partial charge is 0.293 e. The van der Waals surface area contributed by atoms with Crippen molar-refractivity contribution in [2.45, 2.75) is 0 Å². The van der Waals surface area contributed by atoms with Gasteiger partial charge in [0.15, 0.2) is 0 Å². The highest BCUT2D eigenvalue weighted by atomic mass is 32.2. The molecule has 0 saturated carbocycles. The molecule has 100 valence electrons. The fourth-order valence-electron chi connectivity index (χ4n) is 2.10. The Morgan fingerprint density at radius 1 is 1.05 bits per heavy atom. The van der Waals surface area contributed by atoms with E-state index in [-0.39, 0.29) is 0 Å². The quantitative estimate of drug-likeness (QED) is 0.895. The Morgan fingerprint density at radius 3 is 2.50 bits per heavy atom. The summed E-state index contributed by atoms with van der Waals surface area (Å²) in [5.74, 6) is 0. The molecular weight excluding hydrogens is 264 g/mol. The first-order valence-corrected chi connectivity index (χ1v) is 7.73. The molecule has 0 bridgehead atoms. The molecule has 1 heterocycles. The lowest BCUT2D eigenvalue weighted by atomic mass is 10.2. The summed E-state index contributed by atoms with van der Waals surface area (Å²) >= 11 is 1.73. The molecule has 0 spiro atoms. The zero-order valence-electron chi connectivity index (χ0n) is 11.3. The summed E-state index contributed by atoms with van der Waals surface area (Å²) in [6, 6.07) is 10.3. The van der Waals surface area contributed by atoms with Crippen molar-refractivity contribution >= 4 is 17.4 Å². The van der Waals surface area contributed by atoms with Crippen molar-refractivity contribution in [3.63, 3.8) is 0 Å². The lowest BCUT2D eigenvalue weighted by molar-refractivity contribution is 0.876. The van der Waals surface area contributed by atoms with Gasteiger partial charge in [-0.2, -0.15) is 0 Å². The number of hydrazine groups is 1. The van der Waals surface area contributed by atoms with E-state index in [4.69, 9.17) is 0 Å². The molecule has 3 rings (SSSR count). The molecule has 0 amide bonds. The van der Waals surface area contributed by atoms with Crippen LogP contribution in [0.1, 0.15) is 0 Å². The molecule has 2 aliphatic rings. The normalized spacial score (nSPS) is 18.6. The number of benzene rings is 1. The van der Waals surface area contributed by atoms with Crippen molar-refractivity contribution in [1.29, 1.82) is 0 Å². The van der Waals surface area contributed by atoms with E-state index in [2.05, 4.69) is 59.2 Å². The first-order valence-electron chi connectivity index (χ1n) is 6.51. The van der Waals surface area contributed by atoms with Gasteiger partial charge in [0.1, 0.15) is 0 Å². The third-order valence-electron chi connectivity index (χ3n) is 3.11. The van der Waals surface area contributed by atoms with E-state index < -0.39 is 0 Å². The van der Waals surface area contributed by atoms with Crippen molar-refractivity contribution < 1.29 is 0 Å². The molecule has 1 aliphatic heterocycles. The molecule has 0 saturated heterocycles. The van der Waals surface area contributed by atoms with Crippen LogP contribution in [0.2, 0.25) is 0 Å². The second kappa shape index (κ2) is 5.88. The zero-order chi connectivity index (χ0) is 13.8. The predicted octanol–water partition coefficient (Wildman–Crippen LogP) is 4.15. The molecule has 0 aromatic heterocycles. The number of hydrogen-bond donors (Lipinski definition) is 1. The summed E-state index contributed by atoms with van der Waals surface area (Å²) in [4.78, 5) is 0. The highest BCUT2D eigenvalue weighted by Crippen LogP contribution is 2.29. The highest BCUT2D eigenvalue weighted by molar-refractivity contribution is 8.02. The van der Waals surface area contributed by atoms with E-state index in [1.54, 1.807) is 11.8 Å². The highest BCUT2D eigenvalue weighted by Gasteiger charge is 2.18. The number of para-hydroxylation sites is 1. The maximum atomic E-state index is 3.42. The summed E-state index contributed by atoms with van der Waals surface area (Å²) in [7, 11) is 0. The minimum atomic E-state index is 1.10. The smallest absolute Gasteiger partial charge is 0.0979 e. The molecule has 1 aromatic carbocycles. The Hall–Kier alpha value is -2.13. The third kappa shape index (κ3) is 2.73. The maximum absolute atomic E-state index is 3.42. The zero-order valence-corrected chi connectivity index (χ0v) is 12.1. The van der Waals surface area contributed by atoms with Crippen molar-refractivity contribution in [2.75, 3.05) is 11.3 Å². The Balaban J connectivity index is 1.82. The van der Waals surface area contributed by atoms with Crippen LogP contribution in [0.5, 0.6) is 0 Å². The molecule has 0 unspecified atom stereocenters. The second-order valence-electron chi connectivity index (χ2n) is 4.48. The van der Waals surface area contributed by atoms with Crippen molar-refractivity contribution in [2.24, 2.45) is 0 Å². The van der Waals surface area contributed by atoms with Gasteiger partial charge in [-0.1, -0.05) is 48.6 Å². The Morgan fingerprint density at radius 2 is 1.80 bits per heavy atom. The van der Waals surface area contributed by atoms with E-state index in [0.717, 1.165) is 11.4 Å². The number of allylic oxidation sites excluding steroid dienone is 8. The Kier molecular flexibility index (Phi) is 3.79. The fourth-order valence-corrected chi connectivity index (χ4v) is 2.68. The van der Waals surface area contributed by atoms with Crippen LogP contribution in [0.25, 0.3) is 0 Å². The molecule has 1 N–H and O–H groups in total. The van der Waals surface area contributed by atoms with E-state index in [1.807, 2.05) is 30.4 Å². The van der Waals surface area contributed by atoms with Gasteiger partial charge in [0.05, 0.1) is 16.4 Å². The molecular formula is C17H16N2S. The number of hydrogen-bond acceptors (Lipinski definition) is 3. The topological polar surface area (TPSA) is 15.3 Å². The standard InChI is InChI=1S/C17H16N2S/c1-20-17-13-15(12-11-14-7-5-6-8-14)18-19(17)16-9-3-2-4-10-16/h2-13,18H,1H3/b15-12-. The summed E-state index contributed by atoms with van der Waals surface area (Å²) < 4.78 is 0. The summed E-state index contributed by atoms with van der Waals surface area (Å²) in [6.45, 7) is 0. The van der Waals surface area contributed by atoms with Crippen LogP contribution < -0.4 is 10.4 Å². The van der Waals surface area contributed by atoms with Crippen LogP contribution in [0.4, 0.5) is 5.69 Å². The number of anilines is 1. The van der Waals surface area contributed by atoms with Gasteiger partial charge >= 0.3 is 0 Å². The second-order valence-corrected chi connectivity index (χ2v) is 5.30. The molecule has 1 aliphatic carbocycles. The van der Waals surface area contributed by atoms with Gasteiger partial charge in [-0.3, -0.25) is 5.43 Å². The Bertz CT molecular complexity index is 622. The third-order valence-corrected chi connectivity index (χ3v) is 3.83. The van der Waals surface area contributed by atoms with Crippen molar-refractivity contribution in [3.05, 3.63) is 89.2 Å². The monoisotopic (exact) mass is 280 g/mol. The average Bonchev–Trinajstić information content (AvgIpc) is 3.15.